The van der Waals surface area contributed by atoms with Crippen LogP contribution in [-0.4, -0.2) is 50.5 Å². The summed E-state index contributed by atoms with van der Waals surface area (Å²) in [5, 5.41) is 27.7. The van der Waals surface area contributed by atoms with E-state index in [0.717, 1.165) is 24.2 Å². The minimum absolute atomic E-state index is 0.349. The summed E-state index contributed by atoms with van der Waals surface area (Å²) in [6.07, 6.45) is 2.41. The van der Waals surface area contributed by atoms with Crippen molar-refractivity contribution in [1.82, 2.24) is 15.1 Å². The highest BCUT2D eigenvalue weighted by atomic mass is 35.5. The molecular weight excluding hydrogens is 306 g/mol. The van der Waals surface area contributed by atoms with Crippen LogP contribution >= 0.6 is 11.6 Å². The second-order valence-corrected chi connectivity index (χ2v) is 7.11. The molecule has 0 radical (unpaired) electrons. The van der Waals surface area contributed by atoms with Crippen LogP contribution in [0, 0.1) is 18.3 Å². The van der Waals surface area contributed by atoms with Gasteiger partial charge in [0, 0.05) is 19.6 Å². The Kier molecular flexibility index (Phi) is 4.18. The zero-order chi connectivity index (χ0) is 15.9. The van der Waals surface area contributed by atoms with Crippen LogP contribution in [0.3, 0.4) is 0 Å². The summed E-state index contributed by atoms with van der Waals surface area (Å²) in [6.45, 7) is 3.37. The molecule has 0 aromatic carbocycles. The molecule has 122 valence electrons. The third kappa shape index (κ3) is 2.87. The fraction of sp³-hybridized carbons (Fsp3) is 0.733. The summed E-state index contributed by atoms with van der Waals surface area (Å²) in [7, 11) is 0. The summed E-state index contributed by atoms with van der Waals surface area (Å²) in [5.74, 6) is -0.442. The van der Waals surface area contributed by atoms with E-state index in [1.165, 1.54) is 0 Å². The van der Waals surface area contributed by atoms with Crippen LogP contribution in [0.4, 0.5) is 0 Å². The van der Waals surface area contributed by atoms with Crippen molar-refractivity contribution >= 4 is 17.6 Å². The Bertz CT molecular complexity index is 572. The van der Waals surface area contributed by atoms with Gasteiger partial charge >= 0.3 is 5.97 Å². The number of aryl methyl sites for hydroxylation is 1. The van der Waals surface area contributed by atoms with Gasteiger partial charge in [0.25, 0.3) is 0 Å². The monoisotopic (exact) mass is 327 g/mol. The SMILES string of the molecule is Cc1[nH]nc(CN2CC[C@@H](O)[C@](CC3CC3)(C(=O)O)C2)c1Cl. The second kappa shape index (κ2) is 5.83. The molecule has 1 aliphatic heterocycles. The van der Waals surface area contributed by atoms with Crippen molar-refractivity contribution in [2.45, 2.75) is 45.3 Å². The number of aromatic nitrogens is 2. The van der Waals surface area contributed by atoms with Gasteiger partial charge in [-0.2, -0.15) is 5.10 Å². The molecule has 22 heavy (non-hydrogen) atoms. The zero-order valence-corrected chi connectivity index (χ0v) is 13.4. The number of piperidine rings is 1. The smallest absolute Gasteiger partial charge is 0.313 e. The molecule has 1 saturated carbocycles. The number of aliphatic carboxylic acids is 1. The maximum absolute atomic E-state index is 11.9. The third-order valence-electron chi connectivity index (χ3n) is 4.95. The zero-order valence-electron chi connectivity index (χ0n) is 12.7. The summed E-state index contributed by atoms with van der Waals surface area (Å²) in [6, 6.07) is 0. The number of aromatic amines is 1. The number of aliphatic hydroxyl groups is 1. The number of hydrogen-bond donors (Lipinski definition) is 3. The largest absolute Gasteiger partial charge is 0.481 e. The fourth-order valence-electron chi connectivity index (χ4n) is 3.42. The van der Waals surface area contributed by atoms with Crippen molar-refractivity contribution in [3.63, 3.8) is 0 Å². The number of likely N-dealkylation sites (tertiary alicyclic amines) is 1. The van der Waals surface area contributed by atoms with Gasteiger partial charge < -0.3 is 10.2 Å². The molecular formula is C15H22ClN3O3. The van der Waals surface area contributed by atoms with Crippen LogP contribution in [0.25, 0.3) is 0 Å². The topological polar surface area (TPSA) is 89.5 Å². The van der Waals surface area contributed by atoms with E-state index in [1.54, 1.807) is 0 Å². The predicted molar refractivity (Wildman–Crippen MR) is 81.6 cm³/mol. The third-order valence-corrected chi connectivity index (χ3v) is 5.45. The van der Waals surface area contributed by atoms with Gasteiger partial charge in [-0.25, -0.2) is 0 Å². The number of hydrogen-bond acceptors (Lipinski definition) is 4. The number of nitrogens with zero attached hydrogens (tertiary/aromatic N) is 2. The lowest BCUT2D eigenvalue weighted by molar-refractivity contribution is -0.165. The standard InChI is InChI=1S/C15H22ClN3O3/c1-9-13(16)11(18-17-9)7-19-5-4-12(20)15(8-19,14(21)22)6-10-2-3-10/h10,12,20H,2-8H2,1H3,(H,17,18)(H,21,22)/t12-,15-/m1/s1. The lowest BCUT2D eigenvalue weighted by Gasteiger charge is -2.43. The Morgan fingerprint density at radius 3 is 2.77 bits per heavy atom. The van der Waals surface area contributed by atoms with Crippen LogP contribution in [-0.2, 0) is 11.3 Å². The van der Waals surface area contributed by atoms with E-state index < -0.39 is 17.5 Å². The van der Waals surface area contributed by atoms with E-state index in [-0.39, 0.29) is 0 Å². The maximum atomic E-state index is 11.9. The van der Waals surface area contributed by atoms with Gasteiger partial charge in [-0.1, -0.05) is 24.4 Å². The number of carboxylic acids is 1. The first-order valence-corrected chi connectivity index (χ1v) is 8.13. The summed E-state index contributed by atoms with van der Waals surface area (Å²) in [4.78, 5) is 13.9. The van der Waals surface area contributed by atoms with Crippen molar-refractivity contribution in [1.29, 1.82) is 0 Å². The minimum Gasteiger partial charge on any atom is -0.481 e. The number of nitrogens with one attached hydrogen (secondary N) is 1. The van der Waals surface area contributed by atoms with E-state index in [9.17, 15) is 15.0 Å². The van der Waals surface area contributed by atoms with Gasteiger partial charge in [0.1, 0.15) is 5.41 Å². The molecule has 1 aromatic heterocycles. The molecule has 0 bridgehead atoms. The Hall–Kier alpha value is -1.11. The molecule has 0 spiro atoms. The molecule has 3 rings (SSSR count). The van der Waals surface area contributed by atoms with Crippen molar-refractivity contribution < 1.29 is 15.0 Å². The quantitative estimate of drug-likeness (QED) is 0.767. The van der Waals surface area contributed by atoms with Crippen molar-refractivity contribution in [3.8, 4) is 0 Å². The molecule has 6 nitrogen and oxygen atoms in total. The molecule has 2 fully saturated rings. The Labute approximate surface area is 134 Å². The number of carbonyl (C=O) groups is 1. The summed E-state index contributed by atoms with van der Waals surface area (Å²) < 4.78 is 0. The molecule has 2 atom stereocenters. The van der Waals surface area contributed by atoms with Gasteiger partial charge in [0.2, 0.25) is 0 Å². The summed E-state index contributed by atoms with van der Waals surface area (Å²) in [5.41, 5.74) is 0.495. The van der Waals surface area contributed by atoms with Crippen LogP contribution in [0.5, 0.6) is 0 Å². The van der Waals surface area contributed by atoms with Crippen LogP contribution in [0.2, 0.25) is 5.02 Å². The maximum Gasteiger partial charge on any atom is 0.313 e. The van der Waals surface area contributed by atoms with Gasteiger partial charge in [-0.15, -0.1) is 0 Å². The van der Waals surface area contributed by atoms with Crippen molar-refractivity contribution in [2.75, 3.05) is 13.1 Å². The normalized spacial score (nSPS) is 29.7. The summed E-state index contributed by atoms with van der Waals surface area (Å²) >= 11 is 6.20. The molecule has 7 heteroatoms. The van der Waals surface area contributed by atoms with Gasteiger partial charge in [-0.3, -0.25) is 14.8 Å². The fourth-order valence-corrected chi connectivity index (χ4v) is 3.56. The van der Waals surface area contributed by atoms with Crippen molar-refractivity contribution in [3.05, 3.63) is 16.4 Å². The molecule has 0 unspecified atom stereocenters. The van der Waals surface area contributed by atoms with Crippen LogP contribution < -0.4 is 0 Å². The van der Waals surface area contributed by atoms with E-state index in [0.29, 0.717) is 43.4 Å². The lowest BCUT2D eigenvalue weighted by Crippen LogP contribution is -2.56. The van der Waals surface area contributed by atoms with Gasteiger partial charge in [0.05, 0.1) is 22.5 Å². The molecule has 2 heterocycles. The molecule has 3 N–H and O–H groups in total. The average Bonchev–Trinajstić information content (AvgIpc) is 3.23. The number of H-pyrrole nitrogens is 1. The Morgan fingerprint density at radius 1 is 1.50 bits per heavy atom. The van der Waals surface area contributed by atoms with Crippen LogP contribution in [0.15, 0.2) is 0 Å². The molecule has 0 amide bonds. The van der Waals surface area contributed by atoms with E-state index in [2.05, 4.69) is 10.2 Å². The number of halogens is 1. The van der Waals surface area contributed by atoms with E-state index in [4.69, 9.17) is 11.6 Å². The van der Waals surface area contributed by atoms with E-state index in [1.807, 2.05) is 11.8 Å². The van der Waals surface area contributed by atoms with Gasteiger partial charge in [0.15, 0.2) is 0 Å². The molecule has 1 saturated heterocycles. The minimum atomic E-state index is -1.06. The Balaban J connectivity index is 1.76. The highest BCUT2D eigenvalue weighted by molar-refractivity contribution is 6.31. The Morgan fingerprint density at radius 2 is 2.23 bits per heavy atom. The van der Waals surface area contributed by atoms with E-state index >= 15 is 0 Å². The second-order valence-electron chi connectivity index (χ2n) is 6.73. The molecule has 1 aliphatic carbocycles. The number of aliphatic hydroxyl groups excluding tert-OH is 1. The average molecular weight is 328 g/mol. The first-order chi connectivity index (χ1) is 10.4. The van der Waals surface area contributed by atoms with Gasteiger partial charge in [-0.05, 0) is 25.7 Å². The number of carboxylic acid groups (broad SMARTS) is 1. The lowest BCUT2D eigenvalue weighted by atomic mass is 9.73. The molecule has 1 aromatic rings. The molecule has 2 aliphatic rings. The highest BCUT2D eigenvalue weighted by Crippen LogP contribution is 2.45. The van der Waals surface area contributed by atoms with Crippen LogP contribution in [0.1, 0.15) is 37.1 Å². The first-order valence-electron chi connectivity index (χ1n) is 7.75. The highest BCUT2D eigenvalue weighted by Gasteiger charge is 2.51. The number of rotatable bonds is 5. The predicted octanol–water partition coefficient (Wildman–Crippen LogP) is 1.81. The first kappa shape index (κ1) is 15.8. The van der Waals surface area contributed by atoms with Crippen molar-refractivity contribution in [2.24, 2.45) is 11.3 Å².